The van der Waals surface area contributed by atoms with E-state index in [0.717, 1.165) is 64.2 Å². The number of aliphatic hydroxyl groups excluding tert-OH is 1. The first-order valence-corrected chi connectivity index (χ1v) is 24.9. The Morgan fingerprint density at radius 2 is 0.951 bits per heavy atom. The normalized spacial score (nSPS) is 14.2. The van der Waals surface area contributed by atoms with Crippen molar-refractivity contribution in [3.05, 3.63) is 60.8 Å². The zero-order valence-electron chi connectivity index (χ0n) is 37.7. The number of aliphatic carboxylic acids is 1. The van der Waals surface area contributed by atoms with Crippen molar-refractivity contribution in [1.82, 2.24) is 0 Å². The number of aliphatic hydroxyl groups is 1. The molecule has 0 aliphatic heterocycles. The summed E-state index contributed by atoms with van der Waals surface area (Å²) in [4.78, 5) is 46.0. The van der Waals surface area contributed by atoms with E-state index < -0.39 is 51.1 Å². The highest BCUT2D eigenvalue weighted by Crippen LogP contribution is 2.43. The van der Waals surface area contributed by atoms with Gasteiger partial charge in [-0.05, 0) is 83.5 Å². The van der Waals surface area contributed by atoms with Crippen molar-refractivity contribution in [3.8, 4) is 0 Å². The molecular formula is C48H84NO11P. The van der Waals surface area contributed by atoms with E-state index in [4.69, 9.17) is 29.9 Å². The molecule has 0 bridgehead atoms. The molecule has 5 N–H and O–H groups in total. The smallest absolute Gasteiger partial charge is 0.472 e. The van der Waals surface area contributed by atoms with Crippen molar-refractivity contribution in [2.45, 2.75) is 199 Å². The molecule has 0 spiro atoms. The van der Waals surface area contributed by atoms with E-state index in [1.807, 2.05) is 12.2 Å². The van der Waals surface area contributed by atoms with Crippen LogP contribution in [0.4, 0.5) is 0 Å². The van der Waals surface area contributed by atoms with Crippen molar-refractivity contribution >= 4 is 25.7 Å². The summed E-state index contributed by atoms with van der Waals surface area (Å²) in [6, 6.07) is -1.54. The summed E-state index contributed by atoms with van der Waals surface area (Å²) in [7, 11) is -4.74. The molecule has 0 aliphatic carbocycles. The van der Waals surface area contributed by atoms with Crippen LogP contribution in [0.3, 0.4) is 0 Å². The van der Waals surface area contributed by atoms with Crippen molar-refractivity contribution in [3.63, 3.8) is 0 Å². The number of allylic oxidation sites excluding steroid dienone is 10. The number of phosphoric acid groups is 1. The Balaban J connectivity index is 4.39. The SMILES string of the molecule is CCCCCCCC/C=C\CCCCCCCCCCCC(=O)OC[C@H](COP(=O)(O)OC[C@H](N)C(=O)O)OC(=O)CCC/C=C\C/C=C\C/C=C\C/C=C\CCCCCO. The first kappa shape index (κ1) is 58.1. The number of nitrogens with two attached hydrogens (primary N) is 1. The number of hydrogen-bond donors (Lipinski definition) is 4. The number of carbonyl (C=O) groups is 3. The molecular weight excluding hydrogens is 797 g/mol. The third-order valence-corrected chi connectivity index (χ3v) is 10.7. The quantitative estimate of drug-likeness (QED) is 0.0196. The average Bonchev–Trinajstić information content (AvgIpc) is 3.24. The molecule has 0 saturated heterocycles. The van der Waals surface area contributed by atoms with Crippen LogP contribution < -0.4 is 5.73 Å². The lowest BCUT2D eigenvalue weighted by atomic mass is 10.1. The van der Waals surface area contributed by atoms with Crippen LogP contribution >= 0.6 is 7.82 Å². The molecule has 0 aromatic carbocycles. The van der Waals surface area contributed by atoms with Gasteiger partial charge in [-0.1, -0.05) is 151 Å². The number of hydrogen-bond acceptors (Lipinski definition) is 10. The topological polar surface area (TPSA) is 192 Å². The first-order chi connectivity index (χ1) is 29.6. The Labute approximate surface area is 369 Å². The predicted octanol–water partition coefficient (Wildman–Crippen LogP) is 11.7. The number of ether oxygens (including phenoxy) is 2. The second kappa shape index (κ2) is 43.8. The molecule has 0 aromatic heterocycles. The number of carboxylic acid groups (broad SMARTS) is 1. The van der Waals surface area contributed by atoms with Crippen LogP contribution in [0.15, 0.2) is 60.8 Å². The lowest BCUT2D eigenvalue weighted by molar-refractivity contribution is -0.161. The van der Waals surface area contributed by atoms with Gasteiger partial charge in [0, 0.05) is 19.4 Å². The van der Waals surface area contributed by atoms with E-state index in [2.05, 4.69) is 60.1 Å². The zero-order chi connectivity index (χ0) is 44.9. The molecule has 13 heteroatoms. The lowest BCUT2D eigenvalue weighted by Crippen LogP contribution is -2.34. The molecule has 352 valence electrons. The van der Waals surface area contributed by atoms with Gasteiger partial charge in [-0.2, -0.15) is 0 Å². The predicted molar refractivity (Wildman–Crippen MR) is 246 cm³/mol. The number of phosphoric ester groups is 1. The van der Waals surface area contributed by atoms with Crippen LogP contribution in [-0.2, 0) is 37.5 Å². The Hall–Kier alpha value is -2.86. The standard InChI is InChI=1S/C48H84NO11P/c1-2-3-4-5-6-7-8-9-10-11-12-14-17-20-23-26-29-32-35-38-46(51)57-41-44(42-58-61(55,56)59-43-45(49)48(53)54)60-47(52)39-36-33-30-27-24-21-18-15-13-16-19-22-25-28-31-34-37-40-50/h9-10,13,16,18,21-22,25,27,30,44-45,50H,2-8,11-12,14-15,17,19-20,23-24,26,28-29,31-43,49H2,1H3,(H,53,54)(H,55,56)/b10-9-,16-13-,21-18-,25-22-,30-27-/t44-,45+/m1/s1. The van der Waals surface area contributed by atoms with Gasteiger partial charge in [-0.3, -0.25) is 23.4 Å². The van der Waals surface area contributed by atoms with Crippen LogP contribution in [0.2, 0.25) is 0 Å². The average molecular weight is 882 g/mol. The molecule has 0 saturated carbocycles. The van der Waals surface area contributed by atoms with Gasteiger partial charge in [-0.15, -0.1) is 0 Å². The second-order valence-corrected chi connectivity index (χ2v) is 17.1. The molecule has 0 aromatic rings. The first-order valence-electron chi connectivity index (χ1n) is 23.4. The summed E-state index contributed by atoms with van der Waals surface area (Å²) in [5.41, 5.74) is 5.33. The maximum atomic E-state index is 12.6. The molecule has 0 fully saturated rings. The maximum Gasteiger partial charge on any atom is 0.472 e. The molecule has 1 unspecified atom stereocenters. The van der Waals surface area contributed by atoms with E-state index in [0.29, 0.717) is 19.3 Å². The minimum absolute atomic E-state index is 0.0734. The van der Waals surface area contributed by atoms with Gasteiger partial charge < -0.3 is 30.3 Å². The second-order valence-electron chi connectivity index (χ2n) is 15.6. The van der Waals surface area contributed by atoms with Crippen molar-refractivity contribution < 1.29 is 52.6 Å². The maximum absolute atomic E-state index is 12.6. The minimum atomic E-state index is -4.74. The van der Waals surface area contributed by atoms with E-state index in [1.165, 1.54) is 83.5 Å². The van der Waals surface area contributed by atoms with Gasteiger partial charge in [0.1, 0.15) is 12.6 Å². The van der Waals surface area contributed by atoms with Crippen LogP contribution in [0.25, 0.3) is 0 Å². The summed E-state index contributed by atoms with van der Waals surface area (Å²) in [5, 5.41) is 17.7. The monoisotopic (exact) mass is 882 g/mol. The van der Waals surface area contributed by atoms with Crippen molar-refractivity contribution in [2.75, 3.05) is 26.4 Å². The third-order valence-electron chi connectivity index (χ3n) is 9.79. The zero-order valence-corrected chi connectivity index (χ0v) is 38.6. The highest BCUT2D eigenvalue weighted by Gasteiger charge is 2.28. The molecule has 12 nitrogen and oxygen atoms in total. The van der Waals surface area contributed by atoms with Crippen LogP contribution in [0.1, 0.15) is 187 Å². The largest absolute Gasteiger partial charge is 0.480 e. The minimum Gasteiger partial charge on any atom is -0.480 e. The number of esters is 2. The molecule has 0 amide bonds. The molecule has 61 heavy (non-hydrogen) atoms. The van der Waals surface area contributed by atoms with Crippen molar-refractivity contribution in [1.29, 1.82) is 0 Å². The lowest BCUT2D eigenvalue weighted by Gasteiger charge is -2.20. The highest BCUT2D eigenvalue weighted by atomic mass is 31.2. The van der Waals surface area contributed by atoms with E-state index in [9.17, 15) is 23.8 Å². The van der Waals surface area contributed by atoms with Crippen LogP contribution in [0, 0.1) is 0 Å². The summed E-state index contributed by atoms with van der Waals surface area (Å²) in [5.74, 6) is -2.47. The molecule has 0 heterocycles. The van der Waals surface area contributed by atoms with E-state index in [-0.39, 0.29) is 26.1 Å². The molecule has 0 rings (SSSR count). The number of carbonyl (C=O) groups excluding carboxylic acids is 2. The summed E-state index contributed by atoms with van der Waals surface area (Å²) < 4.78 is 32.7. The number of unbranched alkanes of at least 4 members (excludes halogenated alkanes) is 19. The van der Waals surface area contributed by atoms with E-state index in [1.54, 1.807) is 0 Å². The number of carboxylic acids is 1. The Morgan fingerprint density at radius 3 is 1.46 bits per heavy atom. The van der Waals surface area contributed by atoms with Gasteiger partial charge in [0.2, 0.25) is 0 Å². The van der Waals surface area contributed by atoms with Gasteiger partial charge >= 0.3 is 25.7 Å². The Bertz CT molecular complexity index is 1270. The fourth-order valence-corrected chi connectivity index (χ4v) is 6.87. The summed E-state index contributed by atoms with van der Waals surface area (Å²) in [6.45, 7) is 0.753. The van der Waals surface area contributed by atoms with Crippen LogP contribution in [0.5, 0.6) is 0 Å². The molecule has 0 radical (unpaired) electrons. The summed E-state index contributed by atoms with van der Waals surface area (Å²) >= 11 is 0. The van der Waals surface area contributed by atoms with Gasteiger partial charge in [0.25, 0.3) is 0 Å². The Morgan fingerprint density at radius 1 is 0.541 bits per heavy atom. The third kappa shape index (κ3) is 43.6. The Kier molecular flexibility index (Phi) is 41.7. The van der Waals surface area contributed by atoms with Gasteiger partial charge in [-0.25, -0.2) is 4.57 Å². The number of rotatable bonds is 44. The van der Waals surface area contributed by atoms with Gasteiger partial charge in [0.15, 0.2) is 6.10 Å². The fraction of sp³-hybridized carbons (Fsp3) is 0.729. The van der Waals surface area contributed by atoms with Gasteiger partial charge in [0.05, 0.1) is 13.2 Å². The van der Waals surface area contributed by atoms with E-state index >= 15 is 0 Å². The fourth-order valence-electron chi connectivity index (χ4n) is 6.09. The molecule has 0 aliphatic rings. The highest BCUT2D eigenvalue weighted by molar-refractivity contribution is 7.47. The molecule has 3 atom stereocenters. The van der Waals surface area contributed by atoms with Crippen molar-refractivity contribution in [2.24, 2.45) is 5.73 Å². The van der Waals surface area contributed by atoms with Crippen LogP contribution in [-0.4, -0.2) is 71.6 Å². The summed E-state index contributed by atoms with van der Waals surface area (Å²) in [6.07, 6.45) is 48.7.